The molecule has 0 spiro atoms. The Kier molecular flexibility index (Phi) is 7.72. The molecule has 1 aromatic carbocycles. The molecule has 0 radical (unpaired) electrons. The van der Waals surface area contributed by atoms with E-state index in [4.69, 9.17) is 9.26 Å². The monoisotopic (exact) mass is 468 g/mol. The molecule has 1 aliphatic rings. The summed E-state index contributed by atoms with van der Waals surface area (Å²) in [6, 6.07) is 11.2. The van der Waals surface area contributed by atoms with E-state index < -0.39 is 0 Å². The molecule has 0 saturated carbocycles. The second-order valence-corrected chi connectivity index (χ2v) is 8.88. The minimum atomic E-state index is 0.0179. The zero-order valence-electron chi connectivity index (χ0n) is 18.7. The third-order valence-corrected chi connectivity index (χ3v) is 6.43. The molecule has 1 fully saturated rings. The number of aromatic nitrogens is 2. The van der Waals surface area contributed by atoms with Gasteiger partial charge in [0, 0.05) is 37.5 Å². The number of likely N-dealkylation sites (tertiary alicyclic amines) is 1. The van der Waals surface area contributed by atoms with E-state index in [1.165, 1.54) is 0 Å². The van der Waals surface area contributed by atoms with Crippen LogP contribution in [0.15, 0.2) is 46.3 Å². The zero-order valence-corrected chi connectivity index (χ0v) is 19.5. The van der Waals surface area contributed by atoms with Gasteiger partial charge in [-0.15, -0.1) is 11.3 Å². The number of rotatable bonds is 9. The molecule has 1 saturated heterocycles. The van der Waals surface area contributed by atoms with Gasteiger partial charge in [0.2, 0.25) is 17.6 Å². The van der Waals surface area contributed by atoms with Crippen molar-refractivity contribution in [2.75, 3.05) is 19.7 Å². The van der Waals surface area contributed by atoms with E-state index in [9.17, 15) is 9.59 Å². The molecule has 2 amide bonds. The lowest BCUT2D eigenvalue weighted by atomic mass is 10.0. The maximum absolute atomic E-state index is 12.7. The van der Waals surface area contributed by atoms with Gasteiger partial charge in [-0.05, 0) is 61.9 Å². The first-order valence-electron chi connectivity index (χ1n) is 11.3. The fourth-order valence-electron chi connectivity index (χ4n) is 3.83. The van der Waals surface area contributed by atoms with Crippen molar-refractivity contribution in [3.05, 3.63) is 53.2 Å². The minimum absolute atomic E-state index is 0.0179. The highest BCUT2D eigenvalue weighted by molar-refractivity contribution is 7.13. The Bertz CT molecular complexity index is 1040. The first kappa shape index (κ1) is 23.0. The molecule has 0 unspecified atom stereocenters. The van der Waals surface area contributed by atoms with Crippen molar-refractivity contribution in [3.63, 3.8) is 0 Å². The fraction of sp³-hybridized carbons (Fsp3) is 0.417. The second kappa shape index (κ2) is 11.1. The van der Waals surface area contributed by atoms with Gasteiger partial charge in [0.25, 0.3) is 5.91 Å². The molecule has 1 N–H and O–H groups in total. The third-order valence-electron chi connectivity index (χ3n) is 5.56. The number of piperidine rings is 1. The van der Waals surface area contributed by atoms with Gasteiger partial charge in [0.1, 0.15) is 5.75 Å². The SMILES string of the molecule is CCOc1ccc(C(=O)N2CCC(NC(=O)CCCc3nc(-c4cccs4)no3)CC2)cc1. The molecule has 8 nitrogen and oxygen atoms in total. The van der Waals surface area contributed by atoms with Crippen LogP contribution in [-0.2, 0) is 11.2 Å². The highest BCUT2D eigenvalue weighted by Gasteiger charge is 2.24. The van der Waals surface area contributed by atoms with Gasteiger partial charge in [-0.25, -0.2) is 0 Å². The van der Waals surface area contributed by atoms with Crippen LogP contribution in [0.25, 0.3) is 10.7 Å². The van der Waals surface area contributed by atoms with Crippen molar-refractivity contribution >= 4 is 23.2 Å². The van der Waals surface area contributed by atoms with Gasteiger partial charge < -0.3 is 19.5 Å². The van der Waals surface area contributed by atoms with E-state index in [2.05, 4.69) is 15.5 Å². The summed E-state index contributed by atoms with van der Waals surface area (Å²) >= 11 is 1.56. The van der Waals surface area contributed by atoms with Crippen molar-refractivity contribution in [3.8, 4) is 16.5 Å². The normalized spacial score (nSPS) is 14.3. The predicted molar refractivity (Wildman–Crippen MR) is 125 cm³/mol. The number of benzene rings is 1. The van der Waals surface area contributed by atoms with Crippen molar-refractivity contribution in [2.45, 2.75) is 45.1 Å². The number of ether oxygens (including phenoxy) is 1. The highest BCUT2D eigenvalue weighted by Crippen LogP contribution is 2.22. The van der Waals surface area contributed by atoms with Crippen LogP contribution in [0.4, 0.5) is 0 Å². The largest absolute Gasteiger partial charge is 0.494 e. The number of thiophene rings is 1. The molecule has 3 heterocycles. The predicted octanol–water partition coefficient (Wildman–Crippen LogP) is 3.94. The molecular weight excluding hydrogens is 440 g/mol. The van der Waals surface area contributed by atoms with Crippen molar-refractivity contribution in [1.29, 1.82) is 0 Å². The van der Waals surface area contributed by atoms with Crippen LogP contribution in [0, 0.1) is 0 Å². The Balaban J connectivity index is 1.16. The summed E-state index contributed by atoms with van der Waals surface area (Å²) in [5.41, 5.74) is 0.657. The van der Waals surface area contributed by atoms with Crippen LogP contribution in [0.2, 0.25) is 0 Å². The van der Waals surface area contributed by atoms with E-state index in [-0.39, 0.29) is 17.9 Å². The summed E-state index contributed by atoms with van der Waals surface area (Å²) in [5, 5.41) is 9.05. The number of hydrogen-bond donors (Lipinski definition) is 1. The number of nitrogens with one attached hydrogen (secondary N) is 1. The Morgan fingerprint density at radius 2 is 2.00 bits per heavy atom. The number of nitrogens with zero attached hydrogens (tertiary/aromatic N) is 3. The first-order valence-corrected chi connectivity index (χ1v) is 12.2. The van der Waals surface area contributed by atoms with Gasteiger partial charge in [-0.2, -0.15) is 4.98 Å². The molecule has 9 heteroatoms. The van der Waals surface area contributed by atoms with Crippen molar-refractivity contribution in [1.82, 2.24) is 20.4 Å². The topological polar surface area (TPSA) is 97.6 Å². The average Bonchev–Trinajstić information content (AvgIpc) is 3.52. The minimum Gasteiger partial charge on any atom is -0.494 e. The summed E-state index contributed by atoms with van der Waals surface area (Å²) in [7, 11) is 0. The molecule has 2 aromatic heterocycles. The Morgan fingerprint density at radius 1 is 1.21 bits per heavy atom. The lowest BCUT2D eigenvalue weighted by Gasteiger charge is -2.32. The van der Waals surface area contributed by atoms with Crippen LogP contribution in [0.1, 0.15) is 48.9 Å². The highest BCUT2D eigenvalue weighted by atomic mass is 32.1. The molecule has 3 aromatic rings. The van der Waals surface area contributed by atoms with Crippen molar-refractivity contribution in [2.24, 2.45) is 0 Å². The first-order chi connectivity index (χ1) is 16.1. The number of carbonyl (C=O) groups is 2. The van der Waals surface area contributed by atoms with Crippen LogP contribution >= 0.6 is 11.3 Å². The summed E-state index contributed by atoms with van der Waals surface area (Å²) < 4.78 is 10.7. The smallest absolute Gasteiger partial charge is 0.253 e. The number of hydrogen-bond acceptors (Lipinski definition) is 7. The quantitative estimate of drug-likeness (QED) is 0.511. The van der Waals surface area contributed by atoms with Gasteiger partial charge in [0.05, 0.1) is 11.5 Å². The van der Waals surface area contributed by atoms with E-state index in [0.29, 0.717) is 56.2 Å². The van der Waals surface area contributed by atoms with Crippen LogP contribution in [0.5, 0.6) is 5.75 Å². The van der Waals surface area contributed by atoms with Crippen LogP contribution in [-0.4, -0.2) is 52.6 Å². The van der Waals surface area contributed by atoms with Crippen LogP contribution in [0.3, 0.4) is 0 Å². The molecule has 174 valence electrons. The Labute approximate surface area is 196 Å². The maximum atomic E-state index is 12.7. The summed E-state index contributed by atoms with van der Waals surface area (Å²) in [4.78, 5) is 32.3. The number of aryl methyl sites for hydroxylation is 1. The van der Waals surface area contributed by atoms with E-state index in [1.54, 1.807) is 23.5 Å². The summed E-state index contributed by atoms with van der Waals surface area (Å²) in [6.07, 6.45) is 3.13. The molecular formula is C24H28N4O4S. The van der Waals surface area contributed by atoms with E-state index >= 15 is 0 Å². The molecule has 1 aliphatic heterocycles. The average molecular weight is 469 g/mol. The number of amides is 2. The third kappa shape index (κ3) is 6.19. The lowest BCUT2D eigenvalue weighted by molar-refractivity contribution is -0.122. The summed E-state index contributed by atoms with van der Waals surface area (Å²) in [6.45, 7) is 3.78. The van der Waals surface area contributed by atoms with Gasteiger partial charge in [-0.3, -0.25) is 9.59 Å². The van der Waals surface area contributed by atoms with E-state index in [1.807, 2.05) is 41.5 Å². The van der Waals surface area contributed by atoms with Gasteiger partial charge in [0.15, 0.2) is 0 Å². The molecule has 0 atom stereocenters. The second-order valence-electron chi connectivity index (χ2n) is 7.93. The standard InChI is InChI=1S/C24H28N4O4S/c1-2-31-19-10-8-17(9-11-19)24(30)28-14-12-18(13-15-28)25-21(29)6-3-7-22-26-23(27-32-22)20-5-4-16-33-20/h4-5,8-11,16,18H,2-3,6-7,12-15H2,1H3,(H,25,29). The summed E-state index contributed by atoms with van der Waals surface area (Å²) in [5.74, 6) is 1.94. The Morgan fingerprint density at radius 3 is 2.70 bits per heavy atom. The van der Waals surface area contributed by atoms with Crippen LogP contribution < -0.4 is 10.1 Å². The molecule has 0 aliphatic carbocycles. The number of carbonyl (C=O) groups excluding carboxylic acids is 2. The maximum Gasteiger partial charge on any atom is 0.253 e. The van der Waals surface area contributed by atoms with Gasteiger partial charge in [-0.1, -0.05) is 11.2 Å². The fourth-order valence-corrected chi connectivity index (χ4v) is 4.48. The van der Waals surface area contributed by atoms with Gasteiger partial charge >= 0.3 is 0 Å². The zero-order chi connectivity index (χ0) is 23.0. The molecule has 33 heavy (non-hydrogen) atoms. The van der Waals surface area contributed by atoms with E-state index in [0.717, 1.165) is 23.5 Å². The molecule has 4 rings (SSSR count). The lowest BCUT2D eigenvalue weighted by Crippen LogP contribution is -2.46. The Hall–Kier alpha value is -3.20. The molecule has 0 bridgehead atoms. The van der Waals surface area contributed by atoms with Crippen molar-refractivity contribution < 1.29 is 18.8 Å².